The number of hydrogen-bond donors (Lipinski definition) is 2. The number of pyridine rings is 1. The van der Waals surface area contributed by atoms with Gasteiger partial charge in [-0.3, -0.25) is 9.69 Å². The molecule has 2 N–H and O–H groups in total. The molecule has 0 saturated heterocycles. The van der Waals surface area contributed by atoms with Gasteiger partial charge < -0.3 is 20.1 Å². The van der Waals surface area contributed by atoms with Crippen LogP contribution in [0.3, 0.4) is 0 Å². The van der Waals surface area contributed by atoms with Crippen LogP contribution >= 0.6 is 0 Å². The molecule has 0 aromatic carbocycles. The highest BCUT2D eigenvalue weighted by Crippen LogP contribution is 2.20. The molecule has 0 atom stereocenters. The van der Waals surface area contributed by atoms with Gasteiger partial charge in [0.25, 0.3) is 0 Å². The standard InChI is InChI=1S/C22H38N4O3/c1-3-25(2)18-29-17-16-26(15-7-10-21(27)28)14-5-4-9-20-12-11-19-8-6-13-23-22(19)24-20/h11-12H,3-10,13-18H2,1-2H3,(H,23,24)(H,27,28). The first kappa shape index (κ1) is 23.6. The number of nitrogens with zero attached hydrogens (tertiary/aromatic N) is 3. The van der Waals surface area contributed by atoms with Crippen LogP contribution in [0.2, 0.25) is 0 Å². The van der Waals surface area contributed by atoms with Crippen molar-refractivity contribution >= 4 is 11.8 Å². The first-order valence-corrected chi connectivity index (χ1v) is 11.0. The molecule has 7 heteroatoms. The number of hydrogen-bond acceptors (Lipinski definition) is 6. The van der Waals surface area contributed by atoms with Crippen LogP contribution in [-0.4, -0.2) is 79.0 Å². The maximum absolute atomic E-state index is 10.8. The van der Waals surface area contributed by atoms with Crippen LogP contribution < -0.4 is 5.32 Å². The van der Waals surface area contributed by atoms with Crippen LogP contribution in [0.15, 0.2) is 12.1 Å². The van der Waals surface area contributed by atoms with Crippen molar-refractivity contribution in [1.82, 2.24) is 14.8 Å². The number of carboxylic acid groups (broad SMARTS) is 1. The van der Waals surface area contributed by atoms with Gasteiger partial charge >= 0.3 is 5.97 Å². The number of aromatic nitrogens is 1. The van der Waals surface area contributed by atoms with E-state index in [0.717, 1.165) is 69.9 Å². The van der Waals surface area contributed by atoms with Crippen LogP contribution in [0, 0.1) is 0 Å². The number of aliphatic carboxylic acids is 1. The summed E-state index contributed by atoms with van der Waals surface area (Å²) in [6.45, 7) is 8.02. The lowest BCUT2D eigenvalue weighted by Gasteiger charge is -2.23. The number of unbranched alkanes of at least 4 members (excludes halogenated alkanes) is 1. The average Bonchev–Trinajstić information content (AvgIpc) is 2.73. The quantitative estimate of drug-likeness (QED) is 0.342. The third-order valence-corrected chi connectivity index (χ3v) is 5.38. The maximum Gasteiger partial charge on any atom is 0.303 e. The summed E-state index contributed by atoms with van der Waals surface area (Å²) in [6.07, 6.45) is 6.36. The summed E-state index contributed by atoms with van der Waals surface area (Å²) >= 11 is 0. The number of ether oxygens (including phenoxy) is 1. The summed E-state index contributed by atoms with van der Waals surface area (Å²) in [5.41, 5.74) is 2.49. The largest absolute Gasteiger partial charge is 0.481 e. The minimum Gasteiger partial charge on any atom is -0.481 e. The highest BCUT2D eigenvalue weighted by Gasteiger charge is 2.11. The van der Waals surface area contributed by atoms with Gasteiger partial charge in [0.1, 0.15) is 5.82 Å². The van der Waals surface area contributed by atoms with Crippen LogP contribution in [0.1, 0.15) is 50.3 Å². The Morgan fingerprint density at radius 2 is 2.07 bits per heavy atom. The third kappa shape index (κ3) is 9.56. The Hall–Kier alpha value is -1.70. The molecule has 164 valence electrons. The third-order valence-electron chi connectivity index (χ3n) is 5.38. The van der Waals surface area contributed by atoms with E-state index in [2.05, 4.69) is 34.2 Å². The Kier molecular flexibility index (Phi) is 11.0. The van der Waals surface area contributed by atoms with Gasteiger partial charge in [-0.1, -0.05) is 13.0 Å². The number of carboxylic acids is 1. The molecule has 0 unspecified atom stereocenters. The van der Waals surface area contributed by atoms with E-state index in [1.54, 1.807) is 0 Å². The van der Waals surface area contributed by atoms with Gasteiger partial charge in [0.15, 0.2) is 0 Å². The smallest absolute Gasteiger partial charge is 0.303 e. The first-order chi connectivity index (χ1) is 14.1. The number of anilines is 1. The molecule has 0 bridgehead atoms. The van der Waals surface area contributed by atoms with Crippen molar-refractivity contribution < 1.29 is 14.6 Å². The lowest BCUT2D eigenvalue weighted by Crippen LogP contribution is -2.31. The molecule has 0 saturated carbocycles. The second kappa shape index (κ2) is 13.5. The van der Waals surface area contributed by atoms with E-state index >= 15 is 0 Å². The molecule has 1 aromatic rings. The lowest BCUT2D eigenvalue weighted by atomic mass is 10.1. The van der Waals surface area contributed by atoms with E-state index in [1.807, 2.05) is 7.05 Å². The molecule has 1 aromatic heterocycles. The maximum atomic E-state index is 10.8. The minimum absolute atomic E-state index is 0.224. The fourth-order valence-electron chi connectivity index (χ4n) is 3.44. The molecule has 0 fully saturated rings. The SMILES string of the molecule is CCN(C)COCCN(CCCCc1ccc2c(n1)NCCC2)CCCC(=O)O. The van der Waals surface area contributed by atoms with Crippen LogP contribution in [0.5, 0.6) is 0 Å². The Morgan fingerprint density at radius 1 is 1.24 bits per heavy atom. The number of carbonyl (C=O) groups is 1. The van der Waals surface area contributed by atoms with E-state index in [1.165, 1.54) is 12.0 Å². The molecule has 0 radical (unpaired) electrons. The zero-order chi connectivity index (χ0) is 20.9. The minimum atomic E-state index is -0.724. The molecule has 1 aliphatic rings. The summed E-state index contributed by atoms with van der Waals surface area (Å²) in [4.78, 5) is 20.0. The summed E-state index contributed by atoms with van der Waals surface area (Å²) < 4.78 is 5.72. The van der Waals surface area contributed by atoms with Crippen LogP contribution in [0.25, 0.3) is 0 Å². The molecular weight excluding hydrogens is 368 g/mol. The van der Waals surface area contributed by atoms with E-state index in [4.69, 9.17) is 14.8 Å². The molecule has 29 heavy (non-hydrogen) atoms. The van der Waals surface area contributed by atoms with Crippen molar-refractivity contribution in [2.24, 2.45) is 0 Å². The van der Waals surface area contributed by atoms with E-state index < -0.39 is 5.97 Å². The van der Waals surface area contributed by atoms with Crippen molar-refractivity contribution in [1.29, 1.82) is 0 Å². The van der Waals surface area contributed by atoms with Crippen LogP contribution in [-0.2, 0) is 22.4 Å². The predicted molar refractivity (Wildman–Crippen MR) is 116 cm³/mol. The highest BCUT2D eigenvalue weighted by molar-refractivity contribution is 5.66. The Bertz CT molecular complexity index is 612. The zero-order valence-electron chi connectivity index (χ0n) is 18.2. The summed E-state index contributed by atoms with van der Waals surface area (Å²) in [5.74, 6) is 0.344. The normalized spacial score (nSPS) is 13.5. The molecule has 1 aliphatic heterocycles. The molecule has 7 nitrogen and oxygen atoms in total. The fourth-order valence-corrected chi connectivity index (χ4v) is 3.44. The van der Waals surface area contributed by atoms with Gasteiger partial charge in [0.05, 0.1) is 13.3 Å². The second-order valence-electron chi connectivity index (χ2n) is 7.85. The molecular formula is C22H38N4O3. The van der Waals surface area contributed by atoms with Gasteiger partial charge in [-0.15, -0.1) is 0 Å². The number of aryl methyl sites for hydroxylation is 2. The van der Waals surface area contributed by atoms with Crippen molar-refractivity contribution in [3.63, 3.8) is 0 Å². The Morgan fingerprint density at radius 3 is 2.86 bits per heavy atom. The summed E-state index contributed by atoms with van der Waals surface area (Å²) in [5, 5.41) is 12.3. The Balaban J connectivity index is 1.70. The van der Waals surface area contributed by atoms with E-state index in [0.29, 0.717) is 19.8 Å². The second-order valence-corrected chi connectivity index (χ2v) is 7.85. The van der Waals surface area contributed by atoms with Crippen molar-refractivity contribution in [2.75, 3.05) is 58.4 Å². The topological polar surface area (TPSA) is 77.9 Å². The number of fused-ring (bicyclic) bond motifs is 1. The molecule has 2 heterocycles. The van der Waals surface area contributed by atoms with Gasteiger partial charge in [0, 0.05) is 25.2 Å². The molecule has 0 spiro atoms. The average molecular weight is 407 g/mol. The number of nitrogens with one attached hydrogen (secondary N) is 1. The molecule has 0 aliphatic carbocycles. The van der Waals surface area contributed by atoms with Crippen molar-refractivity contribution in [3.05, 3.63) is 23.4 Å². The Labute approximate surface area is 175 Å². The van der Waals surface area contributed by atoms with Gasteiger partial charge in [-0.05, 0) is 76.8 Å². The summed E-state index contributed by atoms with van der Waals surface area (Å²) in [7, 11) is 2.04. The van der Waals surface area contributed by atoms with Gasteiger partial charge in [-0.2, -0.15) is 0 Å². The van der Waals surface area contributed by atoms with Crippen molar-refractivity contribution in [2.45, 2.75) is 51.9 Å². The van der Waals surface area contributed by atoms with Gasteiger partial charge in [0.2, 0.25) is 0 Å². The van der Waals surface area contributed by atoms with E-state index in [-0.39, 0.29) is 6.42 Å². The number of rotatable bonds is 15. The fraction of sp³-hybridized carbons (Fsp3) is 0.727. The first-order valence-electron chi connectivity index (χ1n) is 11.0. The zero-order valence-corrected chi connectivity index (χ0v) is 18.2. The summed E-state index contributed by atoms with van der Waals surface area (Å²) in [6, 6.07) is 4.38. The monoisotopic (exact) mass is 406 g/mol. The predicted octanol–water partition coefficient (Wildman–Crippen LogP) is 2.85. The molecule has 0 amide bonds. The highest BCUT2D eigenvalue weighted by atomic mass is 16.5. The lowest BCUT2D eigenvalue weighted by molar-refractivity contribution is -0.137. The van der Waals surface area contributed by atoms with Gasteiger partial charge in [-0.25, -0.2) is 4.98 Å². The van der Waals surface area contributed by atoms with E-state index in [9.17, 15) is 4.79 Å². The van der Waals surface area contributed by atoms with Crippen LogP contribution in [0.4, 0.5) is 5.82 Å². The van der Waals surface area contributed by atoms with Crippen molar-refractivity contribution in [3.8, 4) is 0 Å². The molecule has 2 rings (SSSR count).